The Kier molecular flexibility index (Phi) is 6.77. The van der Waals surface area contributed by atoms with Gasteiger partial charge < -0.3 is 14.7 Å². The van der Waals surface area contributed by atoms with Gasteiger partial charge in [-0.1, -0.05) is 36.4 Å². The molecule has 5 heteroatoms. The highest BCUT2D eigenvalue weighted by atomic mass is 16.2. The van der Waals surface area contributed by atoms with E-state index in [2.05, 4.69) is 40.1 Å². The maximum Gasteiger partial charge on any atom is 0.254 e. The minimum Gasteiger partial charge on any atom is -0.335 e. The molecule has 33 heavy (non-hydrogen) atoms. The molecule has 3 aliphatic rings. The number of piperidine rings is 2. The van der Waals surface area contributed by atoms with Gasteiger partial charge in [-0.2, -0.15) is 0 Å². The molecule has 0 unspecified atom stereocenters. The lowest BCUT2D eigenvalue weighted by molar-refractivity contribution is -0.117. The molecule has 3 saturated heterocycles. The number of hydrogen-bond donors (Lipinski definition) is 0. The normalized spacial score (nSPS) is 23.6. The first-order valence-electron chi connectivity index (χ1n) is 12.7. The van der Waals surface area contributed by atoms with Crippen LogP contribution in [0.3, 0.4) is 0 Å². The van der Waals surface area contributed by atoms with Crippen molar-refractivity contribution in [2.24, 2.45) is 5.92 Å². The summed E-state index contributed by atoms with van der Waals surface area (Å²) >= 11 is 0. The Hall–Kier alpha value is -2.66. The third kappa shape index (κ3) is 4.98. The van der Waals surface area contributed by atoms with Crippen molar-refractivity contribution in [3.63, 3.8) is 0 Å². The molecule has 0 radical (unpaired) electrons. The van der Waals surface area contributed by atoms with Crippen LogP contribution in [0.5, 0.6) is 0 Å². The van der Waals surface area contributed by atoms with Gasteiger partial charge in [0, 0.05) is 49.9 Å². The molecule has 5 nitrogen and oxygen atoms in total. The van der Waals surface area contributed by atoms with Gasteiger partial charge in [-0.05, 0) is 74.8 Å². The molecule has 5 rings (SSSR count). The van der Waals surface area contributed by atoms with Crippen molar-refractivity contribution in [2.75, 3.05) is 37.6 Å². The van der Waals surface area contributed by atoms with Crippen molar-refractivity contribution in [1.29, 1.82) is 0 Å². The smallest absolute Gasteiger partial charge is 0.254 e. The lowest BCUT2D eigenvalue weighted by atomic mass is 9.83. The van der Waals surface area contributed by atoms with E-state index in [1.165, 1.54) is 18.4 Å². The van der Waals surface area contributed by atoms with Crippen molar-refractivity contribution in [1.82, 2.24) is 9.80 Å². The molecular weight excluding hydrogens is 410 g/mol. The topological polar surface area (TPSA) is 43.9 Å². The average molecular weight is 446 g/mol. The summed E-state index contributed by atoms with van der Waals surface area (Å²) in [6, 6.07) is 18.8. The Balaban J connectivity index is 1.20. The van der Waals surface area contributed by atoms with E-state index in [-0.39, 0.29) is 11.8 Å². The van der Waals surface area contributed by atoms with E-state index in [0.717, 1.165) is 69.7 Å². The SMILES string of the molecule is O=C1CCCN1c1cccc(C(=O)N2CCC[C@@H]3CN(CCCc4ccccc4)CC[C@@H]32)c1. The summed E-state index contributed by atoms with van der Waals surface area (Å²) in [6.07, 6.45) is 7.18. The quantitative estimate of drug-likeness (QED) is 0.663. The van der Waals surface area contributed by atoms with Gasteiger partial charge in [0.1, 0.15) is 0 Å². The molecule has 174 valence electrons. The van der Waals surface area contributed by atoms with Crippen LogP contribution in [0.2, 0.25) is 0 Å². The van der Waals surface area contributed by atoms with E-state index < -0.39 is 0 Å². The van der Waals surface area contributed by atoms with Gasteiger partial charge in [0.25, 0.3) is 5.91 Å². The summed E-state index contributed by atoms with van der Waals surface area (Å²) in [5.74, 6) is 0.865. The summed E-state index contributed by atoms with van der Waals surface area (Å²) in [7, 11) is 0. The first-order chi connectivity index (χ1) is 16.2. The number of anilines is 1. The van der Waals surface area contributed by atoms with Crippen LogP contribution in [0.1, 0.15) is 54.4 Å². The van der Waals surface area contributed by atoms with Gasteiger partial charge >= 0.3 is 0 Å². The summed E-state index contributed by atoms with van der Waals surface area (Å²) in [5, 5.41) is 0. The maximum absolute atomic E-state index is 13.5. The standard InChI is InChI=1S/C28H35N3O2/c32-27-14-7-17-30(27)25-13-4-11-23(20-25)28(33)31-18-6-12-24-21-29(19-15-26(24)31)16-5-10-22-8-2-1-3-9-22/h1-4,8-9,11,13,20,24,26H,5-7,10,12,14-19,21H2/t24-,26+/m1/s1. The van der Waals surface area contributed by atoms with E-state index in [1.807, 2.05) is 29.2 Å². The predicted octanol–water partition coefficient (Wildman–Crippen LogP) is 4.37. The highest BCUT2D eigenvalue weighted by molar-refractivity contribution is 5.99. The number of likely N-dealkylation sites (tertiary alicyclic amines) is 2. The second-order valence-electron chi connectivity index (χ2n) is 9.85. The van der Waals surface area contributed by atoms with Gasteiger partial charge in [-0.25, -0.2) is 0 Å². The molecule has 0 aliphatic carbocycles. The third-order valence-electron chi connectivity index (χ3n) is 7.67. The number of aryl methyl sites for hydroxylation is 1. The number of carbonyl (C=O) groups is 2. The van der Waals surface area contributed by atoms with E-state index in [9.17, 15) is 9.59 Å². The predicted molar refractivity (Wildman–Crippen MR) is 131 cm³/mol. The van der Waals surface area contributed by atoms with E-state index >= 15 is 0 Å². The molecule has 0 bridgehead atoms. The highest BCUT2D eigenvalue weighted by Gasteiger charge is 2.38. The van der Waals surface area contributed by atoms with E-state index in [0.29, 0.717) is 18.4 Å². The number of benzene rings is 2. The van der Waals surface area contributed by atoms with Crippen LogP contribution in [0.15, 0.2) is 54.6 Å². The molecular formula is C28H35N3O2. The fourth-order valence-corrected chi connectivity index (χ4v) is 5.98. The molecule has 2 aromatic carbocycles. The van der Waals surface area contributed by atoms with Crippen molar-refractivity contribution < 1.29 is 9.59 Å². The molecule has 2 aromatic rings. The Morgan fingerprint density at radius 2 is 1.82 bits per heavy atom. The number of carbonyl (C=O) groups excluding carboxylic acids is 2. The van der Waals surface area contributed by atoms with Crippen LogP contribution in [-0.2, 0) is 11.2 Å². The fraction of sp³-hybridized carbons (Fsp3) is 0.500. The molecule has 3 heterocycles. The lowest BCUT2D eigenvalue weighted by Crippen LogP contribution is -2.55. The minimum absolute atomic E-state index is 0.135. The zero-order valence-electron chi connectivity index (χ0n) is 19.5. The maximum atomic E-state index is 13.5. The van der Waals surface area contributed by atoms with Crippen LogP contribution >= 0.6 is 0 Å². The molecule has 3 aliphatic heterocycles. The largest absolute Gasteiger partial charge is 0.335 e. The molecule has 2 atom stereocenters. The van der Waals surface area contributed by atoms with Crippen LogP contribution in [-0.4, -0.2) is 60.4 Å². The lowest BCUT2D eigenvalue weighted by Gasteiger charge is -2.47. The Morgan fingerprint density at radius 3 is 2.64 bits per heavy atom. The number of fused-ring (bicyclic) bond motifs is 1. The van der Waals surface area contributed by atoms with E-state index in [1.54, 1.807) is 0 Å². The van der Waals surface area contributed by atoms with Crippen molar-refractivity contribution in [3.8, 4) is 0 Å². The summed E-state index contributed by atoms with van der Waals surface area (Å²) in [5.41, 5.74) is 3.00. The summed E-state index contributed by atoms with van der Waals surface area (Å²) in [4.78, 5) is 32.3. The number of amides is 2. The monoisotopic (exact) mass is 445 g/mol. The first-order valence-corrected chi connectivity index (χ1v) is 12.7. The molecule has 3 fully saturated rings. The molecule has 0 spiro atoms. The molecule has 0 N–H and O–H groups in total. The van der Waals surface area contributed by atoms with Crippen molar-refractivity contribution in [3.05, 3.63) is 65.7 Å². The zero-order chi connectivity index (χ0) is 22.6. The van der Waals surface area contributed by atoms with Crippen molar-refractivity contribution >= 4 is 17.5 Å². The second kappa shape index (κ2) is 10.1. The van der Waals surface area contributed by atoms with Crippen LogP contribution in [0.25, 0.3) is 0 Å². The first kappa shape index (κ1) is 22.1. The van der Waals surface area contributed by atoms with Crippen LogP contribution < -0.4 is 4.90 Å². The number of rotatable bonds is 6. The average Bonchev–Trinajstić information content (AvgIpc) is 3.29. The Bertz CT molecular complexity index is 976. The minimum atomic E-state index is 0.135. The van der Waals surface area contributed by atoms with Crippen LogP contribution in [0, 0.1) is 5.92 Å². The molecule has 2 amide bonds. The zero-order valence-corrected chi connectivity index (χ0v) is 19.5. The number of nitrogens with zero attached hydrogens (tertiary/aromatic N) is 3. The van der Waals surface area contributed by atoms with E-state index in [4.69, 9.17) is 0 Å². The van der Waals surface area contributed by atoms with Crippen LogP contribution in [0.4, 0.5) is 5.69 Å². The highest BCUT2D eigenvalue weighted by Crippen LogP contribution is 2.32. The molecule has 0 aromatic heterocycles. The molecule has 0 saturated carbocycles. The van der Waals surface area contributed by atoms with Gasteiger partial charge in [0.15, 0.2) is 0 Å². The Labute approximate surface area is 197 Å². The van der Waals surface area contributed by atoms with Gasteiger partial charge in [-0.15, -0.1) is 0 Å². The summed E-state index contributed by atoms with van der Waals surface area (Å²) < 4.78 is 0. The van der Waals surface area contributed by atoms with Gasteiger partial charge in [-0.3, -0.25) is 9.59 Å². The van der Waals surface area contributed by atoms with Gasteiger partial charge in [0.2, 0.25) is 5.91 Å². The fourth-order valence-electron chi connectivity index (χ4n) is 5.98. The third-order valence-corrected chi connectivity index (χ3v) is 7.67. The number of hydrogen-bond acceptors (Lipinski definition) is 3. The Morgan fingerprint density at radius 1 is 0.939 bits per heavy atom. The van der Waals surface area contributed by atoms with Gasteiger partial charge in [0.05, 0.1) is 0 Å². The van der Waals surface area contributed by atoms with Crippen molar-refractivity contribution in [2.45, 2.75) is 51.0 Å². The summed E-state index contributed by atoms with van der Waals surface area (Å²) in [6.45, 7) is 4.91. The second-order valence-corrected chi connectivity index (χ2v) is 9.85.